The van der Waals surface area contributed by atoms with E-state index < -0.39 is 0 Å². The van der Waals surface area contributed by atoms with Crippen molar-refractivity contribution >= 4 is 11.7 Å². The summed E-state index contributed by atoms with van der Waals surface area (Å²) < 4.78 is 0. The van der Waals surface area contributed by atoms with Crippen LogP contribution >= 0.6 is 0 Å². The highest BCUT2D eigenvalue weighted by Gasteiger charge is 2.29. The number of oxime groups is 1. The van der Waals surface area contributed by atoms with Gasteiger partial charge in [0, 0.05) is 6.54 Å². The maximum absolute atomic E-state index is 12.9. The van der Waals surface area contributed by atoms with Crippen molar-refractivity contribution in [3.05, 3.63) is 35.9 Å². The molecule has 0 fully saturated rings. The molecule has 2 unspecified atom stereocenters. The normalized spacial score (nSPS) is 14.5. The number of benzene rings is 1. The Kier molecular flexibility index (Phi) is 6.72. The Bertz CT molecular complexity index is 474. The maximum atomic E-state index is 12.9. The van der Waals surface area contributed by atoms with E-state index in [0.717, 1.165) is 12.0 Å². The third kappa shape index (κ3) is 4.48. The molecule has 0 spiro atoms. The first-order chi connectivity index (χ1) is 10.0. The van der Waals surface area contributed by atoms with Crippen LogP contribution in [-0.4, -0.2) is 34.9 Å². The van der Waals surface area contributed by atoms with Crippen molar-refractivity contribution in [2.24, 2.45) is 16.8 Å². The van der Waals surface area contributed by atoms with Gasteiger partial charge >= 0.3 is 0 Å². The molecule has 0 saturated carbocycles. The summed E-state index contributed by atoms with van der Waals surface area (Å²) >= 11 is 0. The summed E-state index contributed by atoms with van der Waals surface area (Å²) in [6, 6.07) is 9.78. The van der Waals surface area contributed by atoms with Gasteiger partial charge in [0.25, 0.3) is 0 Å². The van der Waals surface area contributed by atoms with E-state index in [1.165, 1.54) is 0 Å². The molecule has 21 heavy (non-hydrogen) atoms. The van der Waals surface area contributed by atoms with Crippen LogP contribution in [0.2, 0.25) is 0 Å². The van der Waals surface area contributed by atoms with Gasteiger partial charge in [-0.25, -0.2) is 0 Å². The van der Waals surface area contributed by atoms with E-state index >= 15 is 0 Å². The van der Waals surface area contributed by atoms with Gasteiger partial charge in [0.2, 0.25) is 5.91 Å². The minimum Gasteiger partial charge on any atom is -0.409 e. The van der Waals surface area contributed by atoms with E-state index in [9.17, 15) is 4.79 Å². The molecule has 0 radical (unpaired) electrons. The fourth-order valence-electron chi connectivity index (χ4n) is 2.38. The van der Waals surface area contributed by atoms with E-state index in [1.807, 2.05) is 37.3 Å². The minimum absolute atomic E-state index is 0.0182. The van der Waals surface area contributed by atoms with Gasteiger partial charge < -0.3 is 15.8 Å². The third-order valence-corrected chi connectivity index (χ3v) is 3.81. The molecule has 0 saturated heterocycles. The van der Waals surface area contributed by atoms with Crippen LogP contribution in [0.4, 0.5) is 0 Å². The first kappa shape index (κ1) is 17.0. The quantitative estimate of drug-likeness (QED) is 0.350. The topological polar surface area (TPSA) is 78.9 Å². The molecule has 3 N–H and O–H groups in total. The van der Waals surface area contributed by atoms with E-state index in [2.05, 4.69) is 19.0 Å². The lowest BCUT2D eigenvalue weighted by molar-refractivity contribution is -0.133. The molecule has 1 aromatic carbocycles. The van der Waals surface area contributed by atoms with Gasteiger partial charge in [-0.05, 0) is 18.4 Å². The average molecular weight is 291 g/mol. The first-order valence-corrected chi connectivity index (χ1v) is 7.35. The molecule has 0 bridgehead atoms. The highest BCUT2D eigenvalue weighted by molar-refractivity contribution is 5.90. The number of rotatable bonds is 7. The predicted molar refractivity (Wildman–Crippen MR) is 84.3 cm³/mol. The summed E-state index contributed by atoms with van der Waals surface area (Å²) in [6.45, 7) is 6.71. The molecule has 1 amide bonds. The SMILES string of the molecule is CCC(C)C(C(=O)N(CC)CC(N)=NO)c1ccccc1. The van der Waals surface area contributed by atoms with Crippen molar-refractivity contribution in [2.45, 2.75) is 33.1 Å². The Morgan fingerprint density at radius 2 is 1.95 bits per heavy atom. The zero-order valence-corrected chi connectivity index (χ0v) is 13.0. The van der Waals surface area contributed by atoms with E-state index in [1.54, 1.807) is 4.90 Å². The second-order valence-electron chi connectivity index (χ2n) is 5.22. The van der Waals surface area contributed by atoms with Gasteiger partial charge in [-0.2, -0.15) is 0 Å². The zero-order valence-electron chi connectivity index (χ0n) is 13.0. The zero-order chi connectivity index (χ0) is 15.8. The summed E-state index contributed by atoms with van der Waals surface area (Å²) in [7, 11) is 0. The number of carbonyl (C=O) groups excluding carboxylic acids is 1. The van der Waals surface area contributed by atoms with Crippen molar-refractivity contribution in [1.82, 2.24) is 4.90 Å². The van der Waals surface area contributed by atoms with Gasteiger partial charge in [-0.15, -0.1) is 0 Å². The van der Waals surface area contributed by atoms with Crippen LogP contribution in [0.5, 0.6) is 0 Å². The average Bonchev–Trinajstić information content (AvgIpc) is 2.53. The summed E-state index contributed by atoms with van der Waals surface area (Å²) in [6.07, 6.45) is 0.909. The van der Waals surface area contributed by atoms with Crippen LogP contribution in [0.25, 0.3) is 0 Å². The summed E-state index contributed by atoms with van der Waals surface area (Å²) in [5.74, 6) is 0.0784. The minimum atomic E-state index is -0.206. The molecule has 5 heteroatoms. The fourth-order valence-corrected chi connectivity index (χ4v) is 2.38. The van der Waals surface area contributed by atoms with E-state index in [4.69, 9.17) is 10.9 Å². The van der Waals surface area contributed by atoms with Crippen LogP contribution in [0.1, 0.15) is 38.7 Å². The van der Waals surface area contributed by atoms with Crippen LogP contribution in [0, 0.1) is 5.92 Å². The van der Waals surface area contributed by atoms with Crippen LogP contribution in [-0.2, 0) is 4.79 Å². The second-order valence-corrected chi connectivity index (χ2v) is 5.22. The largest absolute Gasteiger partial charge is 0.409 e. The lowest BCUT2D eigenvalue weighted by Crippen LogP contribution is -2.42. The number of amidine groups is 1. The van der Waals surface area contributed by atoms with Crippen LogP contribution < -0.4 is 5.73 Å². The molecule has 1 aromatic rings. The van der Waals surface area contributed by atoms with Crippen LogP contribution in [0.3, 0.4) is 0 Å². The van der Waals surface area contributed by atoms with Crippen molar-refractivity contribution in [3.8, 4) is 0 Å². The van der Waals surface area contributed by atoms with Gasteiger partial charge in [0.1, 0.15) is 0 Å². The highest BCUT2D eigenvalue weighted by atomic mass is 16.4. The fraction of sp³-hybridized carbons (Fsp3) is 0.500. The molecule has 2 atom stereocenters. The number of likely N-dealkylation sites (N-methyl/N-ethyl adjacent to an activating group) is 1. The summed E-state index contributed by atoms with van der Waals surface area (Å²) in [4.78, 5) is 14.5. The van der Waals surface area contributed by atoms with Crippen molar-refractivity contribution in [2.75, 3.05) is 13.1 Å². The molecule has 5 nitrogen and oxygen atoms in total. The number of carbonyl (C=O) groups is 1. The van der Waals surface area contributed by atoms with Gasteiger partial charge in [0.15, 0.2) is 5.84 Å². The number of hydrogen-bond donors (Lipinski definition) is 2. The van der Waals surface area contributed by atoms with E-state index in [-0.39, 0.29) is 30.1 Å². The van der Waals surface area contributed by atoms with Crippen molar-refractivity contribution < 1.29 is 10.0 Å². The second kappa shape index (κ2) is 8.29. The number of nitrogens with two attached hydrogens (primary N) is 1. The van der Waals surface area contributed by atoms with E-state index in [0.29, 0.717) is 6.54 Å². The molecular formula is C16H25N3O2. The maximum Gasteiger partial charge on any atom is 0.230 e. The number of amides is 1. The van der Waals surface area contributed by atoms with Gasteiger partial charge in [-0.3, -0.25) is 4.79 Å². The summed E-state index contributed by atoms with van der Waals surface area (Å²) in [5.41, 5.74) is 6.55. The lowest BCUT2D eigenvalue weighted by Gasteiger charge is -2.29. The van der Waals surface area contributed by atoms with Gasteiger partial charge in [-0.1, -0.05) is 55.8 Å². The van der Waals surface area contributed by atoms with Crippen LogP contribution in [0.15, 0.2) is 35.5 Å². The summed E-state index contributed by atoms with van der Waals surface area (Å²) in [5, 5.41) is 11.7. The predicted octanol–water partition coefficient (Wildman–Crippen LogP) is 2.41. The molecular weight excluding hydrogens is 266 g/mol. The molecule has 1 rings (SSSR count). The Balaban J connectivity index is 3.05. The van der Waals surface area contributed by atoms with Crippen molar-refractivity contribution in [1.29, 1.82) is 0 Å². The highest BCUT2D eigenvalue weighted by Crippen LogP contribution is 2.29. The van der Waals surface area contributed by atoms with Crippen molar-refractivity contribution in [3.63, 3.8) is 0 Å². The molecule has 116 valence electrons. The Labute approximate surface area is 126 Å². The lowest BCUT2D eigenvalue weighted by atomic mass is 9.84. The smallest absolute Gasteiger partial charge is 0.230 e. The molecule has 0 aliphatic heterocycles. The Morgan fingerprint density at radius 1 is 1.33 bits per heavy atom. The molecule has 0 aliphatic rings. The number of nitrogens with zero attached hydrogens (tertiary/aromatic N) is 2. The Hall–Kier alpha value is -2.04. The third-order valence-electron chi connectivity index (χ3n) is 3.81. The monoisotopic (exact) mass is 291 g/mol. The number of hydrogen-bond acceptors (Lipinski definition) is 3. The standard InChI is InChI=1S/C16H25N3O2/c1-4-12(3)15(13-9-7-6-8-10-13)16(20)19(5-2)11-14(17)18-21/h6-10,12,15,21H,4-5,11H2,1-3H3,(H2,17,18). The molecule has 0 aromatic heterocycles. The molecule has 0 aliphatic carbocycles. The molecule has 0 heterocycles. The first-order valence-electron chi connectivity index (χ1n) is 7.35. The Morgan fingerprint density at radius 3 is 2.43 bits per heavy atom. The van der Waals surface area contributed by atoms with Gasteiger partial charge in [0.05, 0.1) is 12.5 Å².